The van der Waals surface area contributed by atoms with Gasteiger partial charge in [-0.05, 0) is 32.9 Å². The van der Waals surface area contributed by atoms with Gasteiger partial charge in [-0.3, -0.25) is 0 Å². The maximum absolute atomic E-state index is 11.8. The molecule has 1 aliphatic carbocycles. The third kappa shape index (κ3) is 5.06. The third-order valence-corrected chi connectivity index (χ3v) is 3.61. The molecule has 4 N–H and O–H groups in total. The Kier molecular flexibility index (Phi) is 6.62. The minimum Gasteiger partial charge on any atom is -0.480 e. The Morgan fingerprint density at radius 2 is 1.74 bits per heavy atom. The van der Waals surface area contributed by atoms with Gasteiger partial charge in [-0.25, -0.2) is 9.59 Å². The summed E-state index contributed by atoms with van der Waals surface area (Å²) in [6.07, 6.45) is 5.65. The number of carboxylic acids is 1. The summed E-state index contributed by atoms with van der Waals surface area (Å²) >= 11 is 0. The van der Waals surface area contributed by atoms with E-state index in [0.29, 0.717) is 19.4 Å². The second-order valence-corrected chi connectivity index (χ2v) is 5.14. The lowest BCUT2D eigenvalue weighted by Crippen LogP contribution is -2.57. The molecule has 0 aromatic rings. The first-order valence-corrected chi connectivity index (χ1v) is 7.05. The van der Waals surface area contributed by atoms with Gasteiger partial charge in [0.2, 0.25) is 0 Å². The van der Waals surface area contributed by atoms with E-state index in [0.717, 1.165) is 38.6 Å². The summed E-state index contributed by atoms with van der Waals surface area (Å²) in [6.45, 7) is 1.37. The number of hydrogen-bond donors (Lipinski definition) is 4. The molecular formula is C13H25N3O3. The lowest BCUT2D eigenvalue weighted by Gasteiger charge is -2.29. The molecular weight excluding hydrogens is 246 g/mol. The zero-order valence-corrected chi connectivity index (χ0v) is 11.6. The summed E-state index contributed by atoms with van der Waals surface area (Å²) in [5.41, 5.74) is -1.08. The van der Waals surface area contributed by atoms with Crippen LogP contribution in [0.5, 0.6) is 0 Å². The Labute approximate surface area is 114 Å². The highest BCUT2D eigenvalue weighted by molar-refractivity contribution is 5.86. The number of carbonyl (C=O) groups excluding carboxylic acids is 1. The van der Waals surface area contributed by atoms with Crippen LogP contribution in [0, 0.1) is 0 Å². The molecule has 0 heterocycles. The van der Waals surface area contributed by atoms with Crippen LogP contribution in [0.1, 0.15) is 44.9 Å². The largest absolute Gasteiger partial charge is 0.480 e. The number of carboxylic acid groups (broad SMARTS) is 1. The number of amides is 2. The van der Waals surface area contributed by atoms with Crippen LogP contribution in [0.3, 0.4) is 0 Å². The van der Waals surface area contributed by atoms with Crippen molar-refractivity contribution >= 4 is 12.0 Å². The first kappa shape index (κ1) is 15.8. The van der Waals surface area contributed by atoms with Crippen molar-refractivity contribution in [3.63, 3.8) is 0 Å². The van der Waals surface area contributed by atoms with Crippen LogP contribution in [-0.2, 0) is 4.79 Å². The molecule has 1 rings (SSSR count). The van der Waals surface area contributed by atoms with Crippen molar-refractivity contribution in [2.24, 2.45) is 0 Å². The molecule has 0 spiro atoms. The quantitative estimate of drug-likeness (QED) is 0.430. The van der Waals surface area contributed by atoms with Crippen molar-refractivity contribution in [3.05, 3.63) is 0 Å². The van der Waals surface area contributed by atoms with Crippen LogP contribution in [0.4, 0.5) is 4.79 Å². The normalized spacial score (nSPS) is 18.4. The zero-order chi connectivity index (χ0) is 14.1. The van der Waals surface area contributed by atoms with E-state index in [1.54, 1.807) is 0 Å². The monoisotopic (exact) mass is 271 g/mol. The third-order valence-electron chi connectivity index (χ3n) is 3.61. The topological polar surface area (TPSA) is 90.5 Å². The van der Waals surface area contributed by atoms with E-state index in [4.69, 9.17) is 0 Å². The standard InChI is InChI=1S/C13H25N3O3/c1-14-9-6-10-15-12(19)16-13(11(17)18)7-4-2-3-5-8-13/h14H,2-10H2,1H3,(H,17,18)(H2,15,16,19). The summed E-state index contributed by atoms with van der Waals surface area (Å²) in [6, 6.07) is -0.375. The average molecular weight is 271 g/mol. The van der Waals surface area contributed by atoms with E-state index in [-0.39, 0.29) is 6.03 Å². The fraction of sp³-hybridized carbons (Fsp3) is 0.846. The molecule has 0 unspecified atom stereocenters. The molecule has 0 radical (unpaired) electrons. The van der Waals surface area contributed by atoms with Crippen LogP contribution in [0.25, 0.3) is 0 Å². The molecule has 0 bridgehead atoms. The predicted octanol–water partition coefficient (Wildman–Crippen LogP) is 1.07. The molecule has 6 heteroatoms. The van der Waals surface area contributed by atoms with Crippen molar-refractivity contribution in [2.75, 3.05) is 20.1 Å². The zero-order valence-electron chi connectivity index (χ0n) is 11.6. The maximum Gasteiger partial charge on any atom is 0.329 e. The number of urea groups is 1. The van der Waals surface area contributed by atoms with E-state index >= 15 is 0 Å². The summed E-state index contributed by atoms with van der Waals surface area (Å²) in [5.74, 6) is -0.917. The number of hydrogen-bond acceptors (Lipinski definition) is 3. The highest BCUT2D eigenvalue weighted by Crippen LogP contribution is 2.27. The number of nitrogens with one attached hydrogen (secondary N) is 3. The van der Waals surface area contributed by atoms with Gasteiger partial charge in [-0.2, -0.15) is 0 Å². The Balaban J connectivity index is 2.48. The maximum atomic E-state index is 11.8. The Morgan fingerprint density at radius 3 is 2.26 bits per heavy atom. The molecule has 2 amide bonds. The second-order valence-electron chi connectivity index (χ2n) is 5.14. The van der Waals surface area contributed by atoms with Gasteiger partial charge < -0.3 is 21.1 Å². The van der Waals surface area contributed by atoms with Crippen molar-refractivity contribution < 1.29 is 14.7 Å². The Morgan fingerprint density at radius 1 is 1.11 bits per heavy atom. The highest BCUT2D eigenvalue weighted by Gasteiger charge is 2.39. The Hall–Kier alpha value is -1.30. The van der Waals surface area contributed by atoms with E-state index in [1.165, 1.54) is 0 Å². The van der Waals surface area contributed by atoms with Gasteiger partial charge in [-0.15, -0.1) is 0 Å². The highest BCUT2D eigenvalue weighted by atomic mass is 16.4. The summed E-state index contributed by atoms with van der Waals surface area (Å²) in [7, 11) is 1.85. The van der Waals surface area contributed by atoms with Crippen LogP contribution < -0.4 is 16.0 Å². The molecule has 6 nitrogen and oxygen atoms in total. The Bertz CT molecular complexity index is 300. The fourth-order valence-electron chi connectivity index (χ4n) is 2.45. The first-order chi connectivity index (χ1) is 9.10. The van der Waals surface area contributed by atoms with Gasteiger partial charge in [0.05, 0.1) is 0 Å². The molecule has 110 valence electrons. The number of carbonyl (C=O) groups is 2. The van der Waals surface area contributed by atoms with Crippen molar-refractivity contribution in [1.29, 1.82) is 0 Å². The molecule has 0 aromatic carbocycles. The van der Waals surface area contributed by atoms with Crippen molar-refractivity contribution in [1.82, 2.24) is 16.0 Å². The van der Waals surface area contributed by atoms with E-state index in [2.05, 4.69) is 16.0 Å². The van der Waals surface area contributed by atoms with Crippen LogP contribution >= 0.6 is 0 Å². The van der Waals surface area contributed by atoms with E-state index in [1.807, 2.05) is 7.05 Å². The molecule has 1 saturated carbocycles. The lowest BCUT2D eigenvalue weighted by atomic mass is 9.90. The van der Waals surface area contributed by atoms with Gasteiger partial charge in [-0.1, -0.05) is 25.7 Å². The SMILES string of the molecule is CNCCCNC(=O)NC1(C(=O)O)CCCCCC1. The summed E-state index contributed by atoms with van der Waals surface area (Å²) in [5, 5.41) is 17.8. The molecule has 0 aliphatic heterocycles. The van der Waals surface area contributed by atoms with Gasteiger partial charge >= 0.3 is 12.0 Å². The minimum absolute atomic E-state index is 0.375. The predicted molar refractivity (Wildman–Crippen MR) is 73.1 cm³/mol. The molecule has 1 fully saturated rings. The van der Waals surface area contributed by atoms with Crippen LogP contribution in [0.15, 0.2) is 0 Å². The van der Waals surface area contributed by atoms with Crippen LogP contribution in [-0.4, -0.2) is 42.8 Å². The van der Waals surface area contributed by atoms with Gasteiger partial charge in [0.1, 0.15) is 5.54 Å². The second kappa shape index (κ2) is 7.99. The number of aliphatic carboxylic acids is 1. The average Bonchev–Trinajstić information content (AvgIpc) is 2.61. The molecule has 0 atom stereocenters. The first-order valence-electron chi connectivity index (χ1n) is 7.05. The summed E-state index contributed by atoms with van der Waals surface area (Å²) in [4.78, 5) is 23.3. The van der Waals surface area contributed by atoms with Gasteiger partial charge in [0, 0.05) is 6.54 Å². The molecule has 0 aromatic heterocycles. The molecule has 19 heavy (non-hydrogen) atoms. The molecule has 0 saturated heterocycles. The smallest absolute Gasteiger partial charge is 0.329 e. The molecule has 1 aliphatic rings. The number of rotatable bonds is 6. The van der Waals surface area contributed by atoms with E-state index in [9.17, 15) is 14.7 Å². The van der Waals surface area contributed by atoms with E-state index < -0.39 is 11.5 Å². The van der Waals surface area contributed by atoms with Crippen molar-refractivity contribution in [2.45, 2.75) is 50.5 Å². The van der Waals surface area contributed by atoms with Crippen molar-refractivity contribution in [3.8, 4) is 0 Å². The lowest BCUT2D eigenvalue weighted by molar-refractivity contribution is -0.145. The fourth-order valence-corrected chi connectivity index (χ4v) is 2.45. The van der Waals surface area contributed by atoms with Gasteiger partial charge in [0.25, 0.3) is 0 Å². The van der Waals surface area contributed by atoms with Gasteiger partial charge in [0.15, 0.2) is 0 Å². The van der Waals surface area contributed by atoms with Crippen LogP contribution in [0.2, 0.25) is 0 Å². The summed E-state index contributed by atoms with van der Waals surface area (Å²) < 4.78 is 0. The minimum atomic E-state index is -1.08.